The van der Waals surface area contributed by atoms with E-state index < -0.39 is 0 Å². The number of nitrogens with one attached hydrogen (secondary N) is 1. The first-order chi connectivity index (χ1) is 7.86. The molecule has 0 aliphatic rings. The second kappa shape index (κ2) is 7.74. The summed E-state index contributed by atoms with van der Waals surface area (Å²) < 4.78 is 5.56. The molecule has 0 saturated carbocycles. The van der Waals surface area contributed by atoms with E-state index in [1.807, 2.05) is 12.1 Å². The molecule has 87 valence electrons. The lowest BCUT2D eigenvalue weighted by Crippen LogP contribution is -1.98. The largest absolute Gasteiger partial charge is 0.494 e. The SMILES string of the molecule is CCCCCCOc1ccc(N[C]=O)cc1. The highest BCUT2D eigenvalue weighted by molar-refractivity contribution is 5.71. The molecule has 3 heteroatoms. The van der Waals surface area contributed by atoms with E-state index >= 15 is 0 Å². The van der Waals surface area contributed by atoms with Gasteiger partial charge in [-0.3, -0.25) is 4.79 Å². The predicted octanol–water partition coefficient (Wildman–Crippen LogP) is 3.12. The Morgan fingerprint density at radius 2 is 1.94 bits per heavy atom. The third-order valence-corrected chi connectivity index (χ3v) is 2.32. The van der Waals surface area contributed by atoms with E-state index in [4.69, 9.17) is 4.74 Å². The lowest BCUT2D eigenvalue weighted by Gasteiger charge is -2.06. The van der Waals surface area contributed by atoms with E-state index in [1.165, 1.54) is 19.3 Å². The number of unbranched alkanes of at least 4 members (excludes halogenated alkanes) is 3. The van der Waals surface area contributed by atoms with Crippen molar-refractivity contribution < 1.29 is 9.53 Å². The molecule has 1 aromatic rings. The van der Waals surface area contributed by atoms with E-state index in [-0.39, 0.29) is 0 Å². The number of amides is 1. The van der Waals surface area contributed by atoms with Gasteiger partial charge < -0.3 is 10.1 Å². The van der Waals surface area contributed by atoms with Crippen LogP contribution in [0.2, 0.25) is 0 Å². The van der Waals surface area contributed by atoms with Crippen molar-refractivity contribution >= 4 is 12.1 Å². The molecule has 1 amide bonds. The van der Waals surface area contributed by atoms with Crippen LogP contribution >= 0.6 is 0 Å². The lowest BCUT2D eigenvalue weighted by molar-refractivity contribution is 0.305. The van der Waals surface area contributed by atoms with Gasteiger partial charge in [0.2, 0.25) is 0 Å². The zero-order chi connectivity index (χ0) is 11.6. The van der Waals surface area contributed by atoms with Gasteiger partial charge in [0.15, 0.2) is 0 Å². The molecule has 0 saturated heterocycles. The Bertz CT molecular complexity index is 295. The molecule has 1 rings (SSSR count). The van der Waals surface area contributed by atoms with Crippen LogP contribution in [0.4, 0.5) is 5.69 Å². The van der Waals surface area contributed by atoms with Crippen LogP contribution in [0, 0.1) is 0 Å². The Morgan fingerprint density at radius 3 is 2.56 bits per heavy atom. The fourth-order valence-electron chi connectivity index (χ4n) is 1.41. The number of benzene rings is 1. The smallest absolute Gasteiger partial charge is 0.314 e. The maximum Gasteiger partial charge on any atom is 0.314 e. The zero-order valence-corrected chi connectivity index (χ0v) is 9.66. The van der Waals surface area contributed by atoms with Gasteiger partial charge in [-0.25, -0.2) is 0 Å². The summed E-state index contributed by atoms with van der Waals surface area (Å²) in [7, 11) is 0. The van der Waals surface area contributed by atoms with Crippen LogP contribution in [0.15, 0.2) is 24.3 Å². The lowest BCUT2D eigenvalue weighted by atomic mass is 10.2. The van der Waals surface area contributed by atoms with Crippen molar-refractivity contribution in [2.45, 2.75) is 32.6 Å². The standard InChI is InChI=1S/C13H18NO2/c1-2-3-4-5-10-16-13-8-6-12(7-9-13)14-11-15/h6-9H,2-5,10H2,1H3,(H,14,15). The normalized spacial score (nSPS) is 9.81. The molecule has 0 heterocycles. The van der Waals surface area contributed by atoms with Gasteiger partial charge in [-0.2, -0.15) is 0 Å². The van der Waals surface area contributed by atoms with E-state index in [0.29, 0.717) is 0 Å². The summed E-state index contributed by atoms with van der Waals surface area (Å²) in [5.41, 5.74) is 0.730. The fraction of sp³-hybridized carbons (Fsp3) is 0.462. The summed E-state index contributed by atoms with van der Waals surface area (Å²) in [5, 5.41) is 2.46. The molecule has 0 bridgehead atoms. The molecular formula is C13H18NO2. The first-order valence-electron chi connectivity index (χ1n) is 5.73. The number of ether oxygens (including phenoxy) is 1. The third kappa shape index (κ3) is 4.82. The van der Waals surface area contributed by atoms with E-state index in [9.17, 15) is 4.79 Å². The minimum absolute atomic E-state index is 0.730. The molecule has 1 radical (unpaired) electrons. The Kier molecular flexibility index (Phi) is 6.07. The first-order valence-corrected chi connectivity index (χ1v) is 5.73. The number of anilines is 1. The van der Waals surface area contributed by atoms with Gasteiger partial charge >= 0.3 is 6.41 Å². The molecule has 0 spiro atoms. The predicted molar refractivity (Wildman–Crippen MR) is 65.4 cm³/mol. The first kappa shape index (κ1) is 12.6. The Labute approximate surface area is 96.8 Å². The number of hydrogen-bond donors (Lipinski definition) is 1. The highest BCUT2D eigenvalue weighted by Gasteiger charge is 1.95. The summed E-state index contributed by atoms with van der Waals surface area (Å²) in [6.45, 7) is 2.95. The molecule has 0 atom stereocenters. The van der Waals surface area contributed by atoms with Gasteiger partial charge in [-0.1, -0.05) is 26.2 Å². The van der Waals surface area contributed by atoms with Crippen molar-refractivity contribution in [2.75, 3.05) is 11.9 Å². The molecule has 0 aliphatic carbocycles. The van der Waals surface area contributed by atoms with Crippen LogP contribution < -0.4 is 10.1 Å². The highest BCUT2D eigenvalue weighted by Crippen LogP contribution is 2.15. The van der Waals surface area contributed by atoms with Crippen LogP contribution in [0.3, 0.4) is 0 Å². The Hall–Kier alpha value is -1.51. The number of rotatable bonds is 8. The van der Waals surface area contributed by atoms with Crippen LogP contribution in [-0.4, -0.2) is 13.0 Å². The minimum atomic E-state index is 0.730. The topological polar surface area (TPSA) is 38.3 Å². The molecule has 0 aliphatic heterocycles. The van der Waals surface area contributed by atoms with Gasteiger partial charge in [0.1, 0.15) is 5.75 Å². The average molecular weight is 220 g/mol. The van der Waals surface area contributed by atoms with Crippen LogP contribution in [0.5, 0.6) is 5.75 Å². The van der Waals surface area contributed by atoms with Crippen LogP contribution in [0.1, 0.15) is 32.6 Å². The minimum Gasteiger partial charge on any atom is -0.494 e. The van der Waals surface area contributed by atoms with Crippen LogP contribution in [-0.2, 0) is 4.79 Å². The molecule has 1 aromatic carbocycles. The molecule has 3 nitrogen and oxygen atoms in total. The van der Waals surface area contributed by atoms with Crippen molar-refractivity contribution in [1.82, 2.24) is 0 Å². The van der Waals surface area contributed by atoms with Crippen molar-refractivity contribution in [3.8, 4) is 5.75 Å². The molecule has 16 heavy (non-hydrogen) atoms. The molecule has 0 aromatic heterocycles. The summed E-state index contributed by atoms with van der Waals surface area (Å²) in [5.74, 6) is 0.841. The summed E-state index contributed by atoms with van der Waals surface area (Å²) >= 11 is 0. The van der Waals surface area contributed by atoms with E-state index in [0.717, 1.165) is 24.5 Å². The molecule has 0 unspecified atom stereocenters. The van der Waals surface area contributed by atoms with Crippen molar-refractivity contribution in [2.24, 2.45) is 0 Å². The van der Waals surface area contributed by atoms with Crippen molar-refractivity contribution in [3.63, 3.8) is 0 Å². The average Bonchev–Trinajstić information content (AvgIpc) is 2.31. The second-order valence-corrected chi connectivity index (χ2v) is 3.66. The Morgan fingerprint density at radius 1 is 1.19 bits per heavy atom. The maximum atomic E-state index is 10.1. The maximum absolute atomic E-state index is 10.1. The van der Waals surface area contributed by atoms with E-state index in [2.05, 4.69) is 12.2 Å². The van der Waals surface area contributed by atoms with Crippen LogP contribution in [0.25, 0.3) is 0 Å². The van der Waals surface area contributed by atoms with E-state index in [1.54, 1.807) is 18.5 Å². The summed E-state index contributed by atoms with van der Waals surface area (Å²) in [6.07, 6.45) is 6.44. The van der Waals surface area contributed by atoms with Gasteiger partial charge in [0.25, 0.3) is 0 Å². The Balaban J connectivity index is 2.23. The molecular weight excluding hydrogens is 202 g/mol. The number of carbonyl (C=O) groups excluding carboxylic acids is 1. The van der Waals surface area contributed by atoms with Gasteiger partial charge in [-0.15, -0.1) is 0 Å². The zero-order valence-electron chi connectivity index (χ0n) is 9.66. The fourth-order valence-corrected chi connectivity index (χ4v) is 1.41. The van der Waals surface area contributed by atoms with Gasteiger partial charge in [-0.05, 0) is 30.7 Å². The quantitative estimate of drug-likeness (QED) is 0.540. The second-order valence-electron chi connectivity index (χ2n) is 3.66. The monoisotopic (exact) mass is 220 g/mol. The van der Waals surface area contributed by atoms with Crippen molar-refractivity contribution in [3.05, 3.63) is 24.3 Å². The number of hydrogen-bond acceptors (Lipinski definition) is 2. The molecule has 1 N–H and O–H groups in total. The van der Waals surface area contributed by atoms with Gasteiger partial charge in [0, 0.05) is 5.69 Å². The van der Waals surface area contributed by atoms with Gasteiger partial charge in [0.05, 0.1) is 6.61 Å². The highest BCUT2D eigenvalue weighted by atomic mass is 16.5. The van der Waals surface area contributed by atoms with Crippen molar-refractivity contribution in [1.29, 1.82) is 0 Å². The summed E-state index contributed by atoms with van der Waals surface area (Å²) in [4.78, 5) is 10.1. The third-order valence-electron chi connectivity index (χ3n) is 2.32. The molecule has 0 fully saturated rings. The summed E-state index contributed by atoms with van der Waals surface area (Å²) in [6, 6.07) is 7.29.